The van der Waals surface area contributed by atoms with Crippen LogP contribution in [0.3, 0.4) is 0 Å². The van der Waals surface area contributed by atoms with Crippen molar-refractivity contribution < 1.29 is 9.18 Å². The first kappa shape index (κ1) is 10.1. The summed E-state index contributed by atoms with van der Waals surface area (Å²) in [5.41, 5.74) is 6.18. The maximum absolute atomic E-state index is 12.8. The number of carbonyl (C=O) groups excluding carboxylic acids is 1. The maximum atomic E-state index is 12.8. The van der Waals surface area contributed by atoms with Crippen molar-refractivity contribution in [2.75, 3.05) is 11.9 Å². The molecular weight excluding hydrogens is 197 g/mol. The molecule has 0 saturated carbocycles. The molecule has 0 aliphatic carbocycles. The van der Waals surface area contributed by atoms with Gasteiger partial charge in [-0.05, 0) is 24.6 Å². The molecule has 4 nitrogen and oxygen atoms in total. The Labute approximate surface area is 86.8 Å². The van der Waals surface area contributed by atoms with Crippen molar-refractivity contribution in [3.8, 4) is 0 Å². The Balaban J connectivity index is 1.99. The average molecular weight is 209 g/mol. The van der Waals surface area contributed by atoms with Crippen molar-refractivity contribution in [2.24, 2.45) is 0 Å². The largest absolute Gasteiger partial charge is 0.325 e. The smallest absolute Gasteiger partial charge is 0.242 e. The summed E-state index contributed by atoms with van der Waals surface area (Å²) in [6, 6.07) is 5.60. The van der Waals surface area contributed by atoms with Gasteiger partial charge in [0.2, 0.25) is 5.91 Å². The number of nitrogens with one attached hydrogen (secondary N) is 3. The predicted octanol–water partition coefficient (Wildman–Crippen LogP) is 0.631. The second-order valence-corrected chi connectivity index (χ2v) is 3.41. The van der Waals surface area contributed by atoms with E-state index in [1.54, 1.807) is 12.1 Å². The van der Waals surface area contributed by atoms with Gasteiger partial charge in [-0.2, -0.15) is 0 Å². The monoisotopic (exact) mass is 209 g/mol. The molecule has 1 unspecified atom stereocenters. The number of hydrogen-bond donors (Lipinski definition) is 3. The molecule has 1 atom stereocenters. The first-order valence-electron chi connectivity index (χ1n) is 4.80. The summed E-state index contributed by atoms with van der Waals surface area (Å²) >= 11 is 0. The number of amides is 1. The highest BCUT2D eigenvalue weighted by molar-refractivity contribution is 5.94. The van der Waals surface area contributed by atoms with Crippen molar-refractivity contribution in [1.29, 1.82) is 0 Å². The molecule has 1 heterocycles. The highest BCUT2D eigenvalue weighted by Gasteiger charge is 2.21. The van der Waals surface area contributed by atoms with E-state index in [0.717, 1.165) is 13.0 Å². The van der Waals surface area contributed by atoms with Crippen LogP contribution >= 0.6 is 0 Å². The van der Waals surface area contributed by atoms with Crippen LogP contribution in [0.25, 0.3) is 0 Å². The number of hydrazine groups is 1. The summed E-state index contributed by atoms with van der Waals surface area (Å²) in [6.07, 6.45) is 0.737. The van der Waals surface area contributed by atoms with Crippen molar-refractivity contribution in [1.82, 2.24) is 10.9 Å². The Hall–Kier alpha value is -1.46. The zero-order chi connectivity index (χ0) is 10.7. The first-order chi connectivity index (χ1) is 7.25. The molecule has 80 valence electrons. The normalized spacial score (nSPS) is 20.2. The molecule has 1 fully saturated rings. The SMILES string of the molecule is O=C(Nc1cccc(F)c1)C1CCNN1. The summed E-state index contributed by atoms with van der Waals surface area (Å²) in [4.78, 5) is 11.6. The molecule has 0 radical (unpaired) electrons. The second-order valence-electron chi connectivity index (χ2n) is 3.41. The maximum Gasteiger partial charge on any atom is 0.242 e. The van der Waals surface area contributed by atoms with E-state index in [1.165, 1.54) is 12.1 Å². The van der Waals surface area contributed by atoms with Crippen molar-refractivity contribution >= 4 is 11.6 Å². The van der Waals surface area contributed by atoms with Crippen LogP contribution in [0.5, 0.6) is 0 Å². The van der Waals surface area contributed by atoms with E-state index in [-0.39, 0.29) is 17.8 Å². The number of carbonyl (C=O) groups is 1. The number of benzene rings is 1. The second kappa shape index (κ2) is 4.37. The molecular formula is C10H12FN3O. The highest BCUT2D eigenvalue weighted by atomic mass is 19.1. The standard InChI is InChI=1S/C10H12FN3O/c11-7-2-1-3-8(6-7)13-10(15)9-4-5-12-14-9/h1-3,6,9,12,14H,4-5H2,(H,13,15). The molecule has 15 heavy (non-hydrogen) atoms. The fourth-order valence-corrected chi connectivity index (χ4v) is 1.48. The summed E-state index contributed by atoms with van der Waals surface area (Å²) < 4.78 is 12.8. The number of rotatable bonds is 2. The molecule has 1 aromatic carbocycles. The number of hydrogen-bond acceptors (Lipinski definition) is 3. The van der Waals surface area contributed by atoms with E-state index < -0.39 is 0 Å². The fraction of sp³-hybridized carbons (Fsp3) is 0.300. The Morgan fingerprint density at radius 2 is 2.40 bits per heavy atom. The minimum Gasteiger partial charge on any atom is -0.325 e. The van der Waals surface area contributed by atoms with Crippen LogP contribution in [0.15, 0.2) is 24.3 Å². The molecule has 0 spiro atoms. The summed E-state index contributed by atoms with van der Waals surface area (Å²) in [6.45, 7) is 0.765. The summed E-state index contributed by atoms with van der Waals surface area (Å²) in [5, 5.41) is 2.64. The van der Waals surface area contributed by atoms with Crippen LogP contribution in [-0.4, -0.2) is 18.5 Å². The fourth-order valence-electron chi connectivity index (χ4n) is 1.48. The summed E-state index contributed by atoms with van der Waals surface area (Å²) in [5.74, 6) is -0.504. The van der Waals surface area contributed by atoms with Crippen LogP contribution in [0, 0.1) is 5.82 Å². The van der Waals surface area contributed by atoms with E-state index in [2.05, 4.69) is 16.2 Å². The quantitative estimate of drug-likeness (QED) is 0.669. The minimum atomic E-state index is -0.356. The van der Waals surface area contributed by atoms with E-state index in [1.807, 2.05) is 0 Å². The van der Waals surface area contributed by atoms with E-state index in [9.17, 15) is 9.18 Å². The zero-order valence-corrected chi connectivity index (χ0v) is 8.09. The van der Waals surface area contributed by atoms with E-state index in [4.69, 9.17) is 0 Å². The van der Waals surface area contributed by atoms with E-state index in [0.29, 0.717) is 5.69 Å². The third kappa shape index (κ3) is 2.51. The molecule has 0 bridgehead atoms. The third-order valence-corrected chi connectivity index (χ3v) is 2.24. The van der Waals surface area contributed by atoms with Gasteiger partial charge in [0.1, 0.15) is 11.9 Å². The molecule has 3 N–H and O–H groups in total. The zero-order valence-electron chi connectivity index (χ0n) is 8.09. The molecule has 1 aliphatic heterocycles. The van der Waals surface area contributed by atoms with Gasteiger partial charge in [-0.1, -0.05) is 6.07 Å². The van der Waals surface area contributed by atoms with Crippen LogP contribution in [0.1, 0.15) is 6.42 Å². The predicted molar refractivity (Wildman–Crippen MR) is 54.6 cm³/mol. The van der Waals surface area contributed by atoms with Gasteiger partial charge in [0.25, 0.3) is 0 Å². The van der Waals surface area contributed by atoms with E-state index >= 15 is 0 Å². The van der Waals surface area contributed by atoms with Crippen LogP contribution in [-0.2, 0) is 4.79 Å². The molecule has 5 heteroatoms. The third-order valence-electron chi connectivity index (χ3n) is 2.24. The van der Waals surface area contributed by atoms with Crippen LogP contribution < -0.4 is 16.2 Å². The van der Waals surface area contributed by atoms with Crippen LogP contribution in [0.2, 0.25) is 0 Å². The van der Waals surface area contributed by atoms with Gasteiger partial charge < -0.3 is 5.32 Å². The number of halogens is 1. The van der Waals surface area contributed by atoms with Gasteiger partial charge in [0.15, 0.2) is 0 Å². The molecule has 1 aliphatic rings. The lowest BCUT2D eigenvalue weighted by atomic mass is 10.2. The lowest BCUT2D eigenvalue weighted by Gasteiger charge is -2.10. The Morgan fingerprint density at radius 3 is 3.07 bits per heavy atom. The highest BCUT2D eigenvalue weighted by Crippen LogP contribution is 2.10. The first-order valence-corrected chi connectivity index (χ1v) is 4.80. The van der Waals surface area contributed by atoms with Crippen molar-refractivity contribution in [3.05, 3.63) is 30.1 Å². The molecule has 1 aromatic rings. The van der Waals surface area contributed by atoms with Crippen molar-refractivity contribution in [2.45, 2.75) is 12.5 Å². The Morgan fingerprint density at radius 1 is 1.53 bits per heavy atom. The van der Waals surface area contributed by atoms with Crippen LogP contribution in [0.4, 0.5) is 10.1 Å². The molecule has 2 rings (SSSR count). The number of anilines is 1. The minimum absolute atomic E-state index is 0.148. The lowest BCUT2D eigenvalue weighted by molar-refractivity contribution is -0.117. The Bertz CT molecular complexity index is 363. The molecule has 1 amide bonds. The molecule has 0 aromatic heterocycles. The summed E-state index contributed by atoms with van der Waals surface area (Å²) in [7, 11) is 0. The van der Waals surface area contributed by atoms with Gasteiger partial charge in [0.05, 0.1) is 0 Å². The van der Waals surface area contributed by atoms with Gasteiger partial charge in [-0.25, -0.2) is 9.82 Å². The topological polar surface area (TPSA) is 53.2 Å². The molecule has 1 saturated heterocycles. The van der Waals surface area contributed by atoms with Gasteiger partial charge in [-0.3, -0.25) is 10.2 Å². The van der Waals surface area contributed by atoms with Gasteiger partial charge in [-0.15, -0.1) is 0 Å². The Kier molecular flexibility index (Phi) is 2.94. The van der Waals surface area contributed by atoms with Gasteiger partial charge >= 0.3 is 0 Å². The average Bonchev–Trinajstić information content (AvgIpc) is 2.70. The van der Waals surface area contributed by atoms with Gasteiger partial charge in [0, 0.05) is 12.2 Å². The lowest BCUT2D eigenvalue weighted by Crippen LogP contribution is -2.39. The van der Waals surface area contributed by atoms with Crippen molar-refractivity contribution in [3.63, 3.8) is 0 Å².